The van der Waals surface area contributed by atoms with Crippen LogP contribution in [-0.4, -0.2) is 40.5 Å². The number of fused-ring (bicyclic) bond motifs is 1. The lowest BCUT2D eigenvalue weighted by Gasteiger charge is -2.27. The van der Waals surface area contributed by atoms with Gasteiger partial charge in [0.25, 0.3) is 0 Å². The smallest absolute Gasteiger partial charge is 0.236 e. The molecule has 0 aromatic carbocycles. The van der Waals surface area contributed by atoms with E-state index in [1.54, 1.807) is 18.1 Å². The van der Waals surface area contributed by atoms with Gasteiger partial charge in [-0.25, -0.2) is 4.98 Å². The van der Waals surface area contributed by atoms with Gasteiger partial charge >= 0.3 is 0 Å². The summed E-state index contributed by atoms with van der Waals surface area (Å²) in [5.41, 5.74) is 0. The predicted octanol–water partition coefficient (Wildman–Crippen LogP) is 0.0981. The van der Waals surface area contributed by atoms with E-state index < -0.39 is 0 Å². The van der Waals surface area contributed by atoms with Gasteiger partial charge in [0.15, 0.2) is 0 Å². The topological polar surface area (TPSA) is 50.2 Å². The summed E-state index contributed by atoms with van der Waals surface area (Å²) in [4.78, 5) is 17.6. The van der Waals surface area contributed by atoms with E-state index in [-0.39, 0.29) is 5.91 Å². The van der Waals surface area contributed by atoms with Crippen molar-refractivity contribution >= 4 is 17.5 Å². The van der Waals surface area contributed by atoms with Crippen molar-refractivity contribution in [1.29, 1.82) is 0 Å². The number of hydrogen-bond donors (Lipinski definition) is 1. The summed E-state index contributed by atoms with van der Waals surface area (Å²) in [7, 11) is 1.76. The molecule has 0 saturated carbocycles. The number of carbonyl (C=O) groups excluding carboxylic acids is 1. The van der Waals surface area contributed by atoms with Crippen molar-refractivity contribution in [2.75, 3.05) is 20.1 Å². The zero-order valence-corrected chi connectivity index (χ0v) is 9.29. The number of halogens is 1. The largest absolute Gasteiger partial charge is 0.332 e. The monoisotopic (exact) mass is 228 g/mol. The summed E-state index contributed by atoms with van der Waals surface area (Å²) in [6.07, 6.45) is 1.63. The molecular weight excluding hydrogens is 216 g/mol. The van der Waals surface area contributed by atoms with Crippen LogP contribution in [0.15, 0.2) is 6.20 Å². The van der Waals surface area contributed by atoms with E-state index in [1.165, 1.54) is 0 Å². The molecule has 1 aliphatic rings. The van der Waals surface area contributed by atoms with Crippen molar-refractivity contribution in [3.8, 4) is 0 Å². The highest BCUT2D eigenvalue weighted by Gasteiger charge is 2.22. The molecule has 0 fully saturated rings. The Balaban J connectivity index is 2.09. The number of nitrogens with one attached hydrogen (secondary N) is 1. The van der Waals surface area contributed by atoms with Crippen LogP contribution in [0.1, 0.15) is 5.82 Å². The van der Waals surface area contributed by atoms with Gasteiger partial charge in [-0.1, -0.05) is 11.6 Å². The first-order chi connectivity index (χ1) is 7.22. The van der Waals surface area contributed by atoms with Crippen LogP contribution in [0.25, 0.3) is 0 Å². The maximum atomic E-state index is 11.6. The maximum absolute atomic E-state index is 11.6. The van der Waals surface area contributed by atoms with Crippen LogP contribution < -0.4 is 5.32 Å². The number of likely N-dealkylation sites (N-methyl/N-ethyl adjacent to an activating group) is 1. The molecular formula is C9H13ClN4O. The molecule has 6 heteroatoms. The van der Waals surface area contributed by atoms with Crippen molar-refractivity contribution in [1.82, 2.24) is 19.8 Å². The molecule has 0 unspecified atom stereocenters. The van der Waals surface area contributed by atoms with Crippen LogP contribution in [0.2, 0.25) is 5.15 Å². The normalized spacial score (nSPS) is 15.2. The molecule has 0 spiro atoms. The average molecular weight is 229 g/mol. The Labute approximate surface area is 93.0 Å². The first-order valence-corrected chi connectivity index (χ1v) is 5.22. The Morgan fingerprint density at radius 3 is 3.20 bits per heavy atom. The minimum atomic E-state index is 0.0999. The number of nitrogens with zero attached hydrogens (tertiary/aromatic N) is 3. The van der Waals surface area contributed by atoms with E-state index in [0.717, 1.165) is 12.4 Å². The van der Waals surface area contributed by atoms with Crippen LogP contribution in [-0.2, 0) is 17.9 Å². The molecule has 2 rings (SSSR count). The van der Waals surface area contributed by atoms with Gasteiger partial charge < -0.3 is 14.8 Å². The number of carbonyl (C=O) groups is 1. The molecule has 0 saturated heterocycles. The fourth-order valence-electron chi connectivity index (χ4n) is 1.70. The number of amides is 1. The van der Waals surface area contributed by atoms with Gasteiger partial charge in [0.1, 0.15) is 11.0 Å². The van der Waals surface area contributed by atoms with E-state index in [9.17, 15) is 4.79 Å². The van der Waals surface area contributed by atoms with Gasteiger partial charge in [-0.3, -0.25) is 4.79 Å². The lowest BCUT2D eigenvalue weighted by Crippen LogP contribution is -2.42. The molecule has 1 aromatic heterocycles. The quantitative estimate of drug-likeness (QED) is 0.781. The lowest BCUT2D eigenvalue weighted by atomic mass is 10.3. The summed E-state index contributed by atoms with van der Waals surface area (Å²) >= 11 is 5.93. The molecule has 0 aliphatic carbocycles. The minimum Gasteiger partial charge on any atom is -0.332 e. The summed E-state index contributed by atoms with van der Waals surface area (Å²) < 4.78 is 1.94. The zero-order valence-electron chi connectivity index (χ0n) is 8.53. The Morgan fingerprint density at radius 2 is 2.47 bits per heavy atom. The maximum Gasteiger partial charge on any atom is 0.236 e. The third-order valence-electron chi connectivity index (χ3n) is 2.50. The van der Waals surface area contributed by atoms with Gasteiger partial charge in [-0.15, -0.1) is 0 Å². The second kappa shape index (κ2) is 4.20. The molecule has 82 valence electrons. The molecule has 2 heterocycles. The fourth-order valence-corrected chi connectivity index (χ4v) is 1.93. The highest BCUT2D eigenvalue weighted by molar-refractivity contribution is 6.29. The predicted molar refractivity (Wildman–Crippen MR) is 56.6 cm³/mol. The van der Waals surface area contributed by atoms with E-state index in [2.05, 4.69) is 10.3 Å². The fraction of sp³-hybridized carbons (Fsp3) is 0.556. The van der Waals surface area contributed by atoms with Gasteiger partial charge in [0.2, 0.25) is 5.91 Å². The Hall–Kier alpha value is -1.07. The molecule has 0 atom stereocenters. The Bertz CT molecular complexity index is 376. The molecule has 1 aromatic rings. The minimum absolute atomic E-state index is 0.0999. The molecule has 1 amide bonds. The second-order valence-corrected chi connectivity index (χ2v) is 3.88. The van der Waals surface area contributed by atoms with Gasteiger partial charge in [0, 0.05) is 13.1 Å². The van der Waals surface area contributed by atoms with Crippen molar-refractivity contribution in [2.24, 2.45) is 0 Å². The molecule has 1 aliphatic heterocycles. The lowest BCUT2D eigenvalue weighted by molar-refractivity contribution is -0.131. The van der Waals surface area contributed by atoms with Crippen molar-refractivity contribution in [3.05, 3.63) is 17.2 Å². The molecule has 15 heavy (non-hydrogen) atoms. The molecule has 1 N–H and O–H groups in total. The third kappa shape index (κ3) is 1.98. The van der Waals surface area contributed by atoms with Crippen LogP contribution in [0.4, 0.5) is 0 Å². The Kier molecular flexibility index (Phi) is 2.93. The zero-order chi connectivity index (χ0) is 10.8. The number of imidazole rings is 1. The molecule has 0 radical (unpaired) electrons. The summed E-state index contributed by atoms with van der Waals surface area (Å²) in [6, 6.07) is 0. The molecule has 0 bridgehead atoms. The Morgan fingerprint density at radius 1 is 1.67 bits per heavy atom. The number of aromatic nitrogens is 2. The van der Waals surface area contributed by atoms with E-state index in [4.69, 9.17) is 11.6 Å². The van der Waals surface area contributed by atoms with Gasteiger partial charge in [0.05, 0.1) is 19.3 Å². The van der Waals surface area contributed by atoms with E-state index in [1.807, 2.05) is 4.57 Å². The highest BCUT2D eigenvalue weighted by Crippen LogP contribution is 2.17. The first-order valence-electron chi connectivity index (χ1n) is 4.84. The SMILES string of the molecule is CNCC(=O)N1CCn2c(Cl)cnc2C1. The summed E-state index contributed by atoms with van der Waals surface area (Å²) in [5.74, 6) is 0.957. The second-order valence-electron chi connectivity index (χ2n) is 3.49. The first kappa shape index (κ1) is 10.4. The van der Waals surface area contributed by atoms with E-state index in [0.29, 0.717) is 24.8 Å². The van der Waals surface area contributed by atoms with Gasteiger partial charge in [-0.05, 0) is 7.05 Å². The van der Waals surface area contributed by atoms with Crippen LogP contribution >= 0.6 is 11.6 Å². The number of rotatable bonds is 2. The third-order valence-corrected chi connectivity index (χ3v) is 2.80. The van der Waals surface area contributed by atoms with Crippen molar-refractivity contribution in [2.45, 2.75) is 13.1 Å². The standard InChI is InChI=1S/C9H13ClN4O/c1-11-5-9(15)13-2-3-14-7(10)4-12-8(14)6-13/h4,11H,2-3,5-6H2,1H3. The van der Waals surface area contributed by atoms with Crippen LogP contribution in [0.3, 0.4) is 0 Å². The summed E-state index contributed by atoms with van der Waals surface area (Å²) in [6.45, 7) is 2.34. The van der Waals surface area contributed by atoms with E-state index >= 15 is 0 Å². The average Bonchev–Trinajstić information content (AvgIpc) is 2.60. The van der Waals surface area contributed by atoms with Crippen LogP contribution in [0, 0.1) is 0 Å². The highest BCUT2D eigenvalue weighted by atomic mass is 35.5. The van der Waals surface area contributed by atoms with Crippen molar-refractivity contribution < 1.29 is 4.79 Å². The van der Waals surface area contributed by atoms with Crippen molar-refractivity contribution in [3.63, 3.8) is 0 Å². The number of hydrogen-bond acceptors (Lipinski definition) is 3. The molecule has 5 nitrogen and oxygen atoms in total. The van der Waals surface area contributed by atoms with Crippen LogP contribution in [0.5, 0.6) is 0 Å². The van der Waals surface area contributed by atoms with Gasteiger partial charge in [-0.2, -0.15) is 0 Å². The summed E-state index contributed by atoms with van der Waals surface area (Å²) in [5, 5.41) is 3.49.